The van der Waals surface area contributed by atoms with Gasteiger partial charge in [0, 0.05) is 44.1 Å². The van der Waals surface area contributed by atoms with Gasteiger partial charge in [-0.2, -0.15) is 0 Å². The lowest BCUT2D eigenvalue weighted by molar-refractivity contribution is -0.127. The van der Waals surface area contributed by atoms with Gasteiger partial charge in [-0.25, -0.2) is 9.78 Å². The van der Waals surface area contributed by atoms with Gasteiger partial charge in [0.2, 0.25) is 5.91 Å². The van der Waals surface area contributed by atoms with Crippen molar-refractivity contribution in [2.75, 3.05) is 49.6 Å². The highest BCUT2D eigenvalue weighted by Crippen LogP contribution is 2.46. The molecule has 2 fully saturated rings. The number of nitrogens with zero attached hydrogens (tertiary/aromatic N) is 4. The summed E-state index contributed by atoms with van der Waals surface area (Å²) in [5.41, 5.74) is 2.72. The summed E-state index contributed by atoms with van der Waals surface area (Å²) in [7, 11) is 0. The molecule has 2 atom stereocenters. The van der Waals surface area contributed by atoms with Gasteiger partial charge in [0.25, 0.3) is 5.91 Å². The molecule has 0 radical (unpaired) electrons. The normalized spacial score (nSPS) is 20.7. The van der Waals surface area contributed by atoms with Crippen LogP contribution in [-0.2, 0) is 14.3 Å². The molecule has 13 heteroatoms. The number of hydrogen-bond donors (Lipinski definition) is 2. The molecule has 2 aromatic heterocycles. The van der Waals surface area contributed by atoms with E-state index in [-0.39, 0.29) is 36.1 Å². The van der Waals surface area contributed by atoms with Crippen molar-refractivity contribution >= 4 is 56.5 Å². The summed E-state index contributed by atoms with van der Waals surface area (Å²) in [6, 6.07) is 6.86. The lowest BCUT2D eigenvalue weighted by Crippen LogP contribution is -2.49. The fourth-order valence-corrected chi connectivity index (χ4v) is 7.53. The van der Waals surface area contributed by atoms with Crippen molar-refractivity contribution in [2.24, 2.45) is 0 Å². The summed E-state index contributed by atoms with van der Waals surface area (Å²) >= 11 is 1.25. The van der Waals surface area contributed by atoms with Gasteiger partial charge in [0.15, 0.2) is 0 Å². The van der Waals surface area contributed by atoms with Gasteiger partial charge >= 0.3 is 6.03 Å². The van der Waals surface area contributed by atoms with E-state index in [1.165, 1.54) is 11.3 Å². The van der Waals surface area contributed by atoms with Crippen LogP contribution in [0.3, 0.4) is 0 Å². The molecule has 3 aromatic rings. The topological polar surface area (TPSA) is 126 Å². The first-order valence-corrected chi connectivity index (χ1v) is 16.8. The Balaban J connectivity index is 1.03. The highest BCUT2D eigenvalue weighted by Gasteiger charge is 2.34. The molecule has 0 saturated carbocycles. The van der Waals surface area contributed by atoms with E-state index in [0.717, 1.165) is 35.3 Å². The summed E-state index contributed by atoms with van der Waals surface area (Å²) in [6.45, 7) is 9.36. The molecule has 0 aliphatic carbocycles. The van der Waals surface area contributed by atoms with Gasteiger partial charge in [0.1, 0.15) is 33.9 Å². The number of rotatable bonds is 8. The number of piperidine rings is 1. The Bertz CT molecular complexity index is 1790. The summed E-state index contributed by atoms with van der Waals surface area (Å²) in [6.07, 6.45) is 8.59. The minimum Gasteiger partial charge on any atom is -0.491 e. The molecule has 0 bridgehead atoms. The average molecular weight is 659 g/mol. The number of carbonyl (C=O) groups is 3. The molecule has 1 aromatic carbocycles. The number of amides is 4. The number of hydrogen-bond acceptors (Lipinski definition) is 9. The number of nitrogens with one attached hydrogen (secondary N) is 2. The fraction of sp³-hybridized carbons (Fsp3) is 0.412. The third kappa shape index (κ3) is 6.24. The molecule has 47 heavy (non-hydrogen) atoms. The van der Waals surface area contributed by atoms with Gasteiger partial charge in [-0.05, 0) is 63.4 Å². The molecule has 2 saturated heterocycles. The van der Waals surface area contributed by atoms with Crippen molar-refractivity contribution in [3.63, 3.8) is 0 Å². The third-order valence-corrected chi connectivity index (χ3v) is 9.70. The van der Waals surface area contributed by atoms with Crippen LogP contribution in [0, 0.1) is 6.92 Å². The van der Waals surface area contributed by atoms with Crippen molar-refractivity contribution in [3.05, 3.63) is 65.0 Å². The Labute approximate surface area is 276 Å². The largest absolute Gasteiger partial charge is 0.491 e. The number of ether oxygens (including phenoxy) is 3. The number of carbonyl (C=O) groups excluding carboxylic acids is 3. The summed E-state index contributed by atoms with van der Waals surface area (Å²) < 4.78 is 17.2. The molecule has 0 spiro atoms. The lowest BCUT2D eigenvalue weighted by Gasteiger charge is -2.33. The van der Waals surface area contributed by atoms with E-state index < -0.39 is 0 Å². The fourth-order valence-electron chi connectivity index (χ4n) is 6.51. The number of fused-ring (bicyclic) bond motifs is 1. The third-order valence-electron chi connectivity index (χ3n) is 8.60. The Kier molecular flexibility index (Phi) is 8.50. The van der Waals surface area contributed by atoms with E-state index in [1.54, 1.807) is 28.1 Å². The van der Waals surface area contributed by atoms with Crippen LogP contribution in [0.15, 0.2) is 54.6 Å². The second-order valence-electron chi connectivity index (χ2n) is 12.4. The number of urea groups is 1. The average Bonchev–Trinajstić information content (AvgIpc) is 3.63. The zero-order valence-corrected chi connectivity index (χ0v) is 27.5. The number of likely N-dealkylation sites (tertiary alicyclic amines) is 1. The second-order valence-corrected chi connectivity index (χ2v) is 13.4. The molecule has 6 heterocycles. The van der Waals surface area contributed by atoms with Crippen molar-refractivity contribution in [2.45, 2.75) is 51.9 Å². The highest BCUT2D eigenvalue weighted by molar-refractivity contribution is 7.21. The second kappa shape index (κ2) is 12.9. The first kappa shape index (κ1) is 31.0. The van der Waals surface area contributed by atoms with E-state index in [4.69, 9.17) is 14.2 Å². The molecule has 4 aliphatic rings. The van der Waals surface area contributed by atoms with Crippen LogP contribution in [-0.4, -0.2) is 90.3 Å². The van der Waals surface area contributed by atoms with Crippen molar-refractivity contribution in [1.29, 1.82) is 0 Å². The Hall–Kier alpha value is -4.62. The molecule has 0 unspecified atom stereocenters. The van der Waals surface area contributed by atoms with Crippen molar-refractivity contribution < 1.29 is 28.6 Å². The van der Waals surface area contributed by atoms with Gasteiger partial charge in [0.05, 0.1) is 41.7 Å². The standard InChI is InChI=1S/C34H38N6O6S/c1-20(2)46-23-8-9-24(21(3)16-23)40-25-10-11-35-33-29(25)30(37-34(40)43)31(47-33)32(42)36-22-6-4-13-39(17-22)28(41)7-5-12-38-18-26-27(19-38)45-15-14-44-26/h5,7-11,16,18,20,22,27H,4,6,12-15,17,19H2,1-3H3,(H,36,42)(H,37,43)/b7-5+/t22-,27+/m1/s1. The predicted octanol–water partition coefficient (Wildman–Crippen LogP) is 4.92. The van der Waals surface area contributed by atoms with Crippen LogP contribution in [0.5, 0.6) is 5.75 Å². The Morgan fingerprint density at radius 2 is 2.09 bits per heavy atom. The maximum atomic E-state index is 13.7. The summed E-state index contributed by atoms with van der Waals surface area (Å²) in [5, 5.41) is 6.81. The summed E-state index contributed by atoms with van der Waals surface area (Å²) in [4.78, 5) is 51.4. The van der Waals surface area contributed by atoms with Gasteiger partial charge in [-0.3, -0.25) is 14.5 Å². The SMILES string of the molecule is Cc1cc(OC(C)C)ccc1N1C(=O)Nc2c(C(=O)N[C@@H]3CCCN(C(=O)/C=C/CN4C=C5OCCO[C@H]5C4)C3)sc3nccc1c23. The van der Waals surface area contributed by atoms with Gasteiger partial charge < -0.3 is 34.6 Å². The van der Waals surface area contributed by atoms with E-state index in [9.17, 15) is 14.4 Å². The molecule has 4 aliphatic heterocycles. The quantitative estimate of drug-likeness (QED) is 0.327. The zero-order valence-electron chi connectivity index (χ0n) is 26.7. The van der Waals surface area contributed by atoms with Crippen LogP contribution in [0.2, 0.25) is 0 Å². The van der Waals surface area contributed by atoms with Crippen molar-refractivity contribution in [3.8, 4) is 5.75 Å². The molecule has 7 rings (SSSR count). The van der Waals surface area contributed by atoms with Crippen LogP contribution in [0.25, 0.3) is 10.2 Å². The monoisotopic (exact) mass is 658 g/mol. The molecule has 246 valence electrons. The smallest absolute Gasteiger partial charge is 0.331 e. The zero-order chi connectivity index (χ0) is 32.7. The maximum absolute atomic E-state index is 13.7. The number of anilines is 3. The van der Waals surface area contributed by atoms with Crippen LogP contribution >= 0.6 is 11.3 Å². The summed E-state index contributed by atoms with van der Waals surface area (Å²) in [5.74, 6) is 1.20. The minimum atomic E-state index is -0.358. The first-order chi connectivity index (χ1) is 22.7. The van der Waals surface area contributed by atoms with Gasteiger partial charge in [-0.15, -0.1) is 11.3 Å². The highest BCUT2D eigenvalue weighted by atomic mass is 32.1. The minimum absolute atomic E-state index is 0.0315. The lowest BCUT2D eigenvalue weighted by atomic mass is 10.0. The Morgan fingerprint density at radius 3 is 2.89 bits per heavy atom. The molecular formula is C34H38N6O6S. The van der Waals surface area contributed by atoms with E-state index in [1.807, 2.05) is 51.2 Å². The predicted molar refractivity (Wildman–Crippen MR) is 179 cm³/mol. The number of aromatic nitrogens is 1. The van der Waals surface area contributed by atoms with Gasteiger partial charge in [-0.1, -0.05) is 6.08 Å². The first-order valence-electron chi connectivity index (χ1n) is 16.0. The van der Waals surface area contributed by atoms with Crippen LogP contribution in [0.1, 0.15) is 41.9 Å². The number of aryl methyl sites for hydroxylation is 1. The Morgan fingerprint density at radius 1 is 1.21 bits per heavy atom. The molecule has 4 amide bonds. The van der Waals surface area contributed by atoms with Crippen LogP contribution in [0.4, 0.5) is 21.9 Å². The number of thiophene rings is 1. The van der Waals surface area contributed by atoms with E-state index in [2.05, 4.69) is 20.5 Å². The molecule has 12 nitrogen and oxygen atoms in total. The number of pyridine rings is 1. The van der Waals surface area contributed by atoms with E-state index >= 15 is 0 Å². The molecular weight excluding hydrogens is 620 g/mol. The van der Waals surface area contributed by atoms with Crippen molar-refractivity contribution in [1.82, 2.24) is 20.1 Å². The van der Waals surface area contributed by atoms with Crippen LogP contribution < -0.4 is 20.3 Å². The number of benzene rings is 1. The van der Waals surface area contributed by atoms with E-state index in [0.29, 0.717) is 66.2 Å². The maximum Gasteiger partial charge on any atom is 0.331 e. The molecule has 2 N–H and O–H groups in total.